The predicted octanol–water partition coefficient (Wildman–Crippen LogP) is 2.96. The number of halogens is 2. The van der Waals surface area contributed by atoms with Gasteiger partial charge in [0, 0.05) is 50.4 Å². The highest BCUT2D eigenvalue weighted by Gasteiger charge is 2.40. The maximum atomic E-state index is 13.1. The molecule has 2 aromatic carbocycles. The van der Waals surface area contributed by atoms with Gasteiger partial charge in [-0.2, -0.15) is 0 Å². The van der Waals surface area contributed by atoms with E-state index in [0.717, 1.165) is 49.5 Å². The molecule has 2 saturated heterocycles. The number of nitrogens with zero attached hydrogens (tertiary/aromatic N) is 2. The fourth-order valence-corrected chi connectivity index (χ4v) is 4.70. The molecular formula is C23H29Cl2N3O4. The van der Waals surface area contributed by atoms with Crippen molar-refractivity contribution in [1.29, 1.82) is 0 Å². The molecule has 0 saturated carbocycles. The van der Waals surface area contributed by atoms with E-state index in [4.69, 9.17) is 14.2 Å². The van der Waals surface area contributed by atoms with Crippen LogP contribution in [0.1, 0.15) is 22.3 Å². The standard InChI is InChI=1S/C23H27N3O4.2ClH/c1-28-20-9-16(10-21-22(20)30-15-29-21)11-24-12-19-14-26(18-7-8-25(19)13-18)23(27)17-5-3-2-4-6-17;;/h2-6,9-10,18-19,24H,7-8,11-15H2,1H3;2*1H. The SMILES string of the molecule is COc1cc(CNCC2CN(C(=O)c3ccccc3)C3CCN2C3)cc2c1OCO2.Cl.Cl. The molecule has 0 radical (unpaired) electrons. The third-order valence-corrected chi connectivity index (χ3v) is 6.27. The first-order valence-corrected chi connectivity index (χ1v) is 10.5. The van der Waals surface area contributed by atoms with E-state index in [1.807, 2.05) is 42.5 Å². The molecule has 174 valence electrons. The van der Waals surface area contributed by atoms with Crippen LogP contribution >= 0.6 is 24.8 Å². The Morgan fingerprint density at radius 3 is 2.75 bits per heavy atom. The average Bonchev–Trinajstić information content (AvgIpc) is 3.42. The number of amides is 1. The van der Waals surface area contributed by atoms with Gasteiger partial charge in [-0.1, -0.05) is 18.2 Å². The molecule has 2 bridgehead atoms. The van der Waals surface area contributed by atoms with Crippen LogP contribution in [0.25, 0.3) is 0 Å². The van der Waals surface area contributed by atoms with Gasteiger partial charge in [0.05, 0.1) is 7.11 Å². The zero-order chi connectivity index (χ0) is 20.5. The number of carbonyl (C=O) groups excluding carboxylic acids is 1. The molecule has 0 aromatic heterocycles. The number of ether oxygens (including phenoxy) is 3. The number of fused-ring (bicyclic) bond motifs is 3. The Labute approximate surface area is 200 Å². The normalized spacial score (nSPS) is 22.7. The molecule has 3 aliphatic heterocycles. The second kappa shape index (κ2) is 10.6. The Balaban J connectivity index is 0.00000144. The Morgan fingerprint density at radius 2 is 1.97 bits per heavy atom. The lowest BCUT2D eigenvalue weighted by molar-refractivity contribution is 0.0495. The monoisotopic (exact) mass is 481 g/mol. The highest BCUT2D eigenvalue weighted by Crippen LogP contribution is 2.41. The zero-order valence-corrected chi connectivity index (χ0v) is 19.6. The molecule has 2 aromatic rings. The number of benzene rings is 2. The van der Waals surface area contributed by atoms with Crippen LogP contribution in [0.5, 0.6) is 17.2 Å². The predicted molar refractivity (Wildman–Crippen MR) is 127 cm³/mol. The van der Waals surface area contributed by atoms with Crippen molar-refractivity contribution in [3.63, 3.8) is 0 Å². The minimum absolute atomic E-state index is 0. The molecule has 32 heavy (non-hydrogen) atoms. The molecule has 3 unspecified atom stereocenters. The van der Waals surface area contributed by atoms with Gasteiger partial charge in [-0.25, -0.2) is 0 Å². The van der Waals surface area contributed by atoms with Crippen molar-refractivity contribution in [2.75, 3.05) is 40.1 Å². The van der Waals surface area contributed by atoms with Gasteiger partial charge in [-0.3, -0.25) is 9.69 Å². The topological polar surface area (TPSA) is 63.3 Å². The molecule has 1 amide bonds. The summed E-state index contributed by atoms with van der Waals surface area (Å²) in [5.74, 6) is 2.24. The van der Waals surface area contributed by atoms with Crippen molar-refractivity contribution in [3.05, 3.63) is 53.6 Å². The number of hydrogen-bond donors (Lipinski definition) is 1. The van der Waals surface area contributed by atoms with Gasteiger partial charge in [-0.05, 0) is 36.2 Å². The maximum Gasteiger partial charge on any atom is 0.254 e. The highest BCUT2D eigenvalue weighted by molar-refractivity contribution is 5.94. The van der Waals surface area contributed by atoms with Crippen molar-refractivity contribution >= 4 is 30.7 Å². The first-order chi connectivity index (χ1) is 14.7. The van der Waals surface area contributed by atoms with Crippen LogP contribution < -0.4 is 19.5 Å². The zero-order valence-electron chi connectivity index (χ0n) is 18.0. The number of nitrogens with one attached hydrogen (secondary N) is 1. The third-order valence-electron chi connectivity index (χ3n) is 6.27. The molecule has 3 aliphatic rings. The van der Waals surface area contributed by atoms with Crippen LogP contribution in [0.15, 0.2) is 42.5 Å². The molecule has 0 spiro atoms. The van der Waals surface area contributed by atoms with Gasteiger partial charge in [-0.15, -0.1) is 24.8 Å². The van der Waals surface area contributed by atoms with E-state index in [1.54, 1.807) is 7.11 Å². The Bertz CT molecular complexity index is 931. The molecule has 3 atom stereocenters. The smallest absolute Gasteiger partial charge is 0.254 e. The average molecular weight is 482 g/mol. The van der Waals surface area contributed by atoms with Gasteiger partial charge >= 0.3 is 0 Å². The van der Waals surface area contributed by atoms with E-state index >= 15 is 0 Å². The summed E-state index contributed by atoms with van der Waals surface area (Å²) in [5, 5.41) is 3.56. The first-order valence-electron chi connectivity index (χ1n) is 10.5. The van der Waals surface area contributed by atoms with Gasteiger partial charge in [0.2, 0.25) is 12.5 Å². The van der Waals surface area contributed by atoms with Crippen LogP contribution in [0, 0.1) is 0 Å². The third kappa shape index (κ3) is 4.76. The quantitative estimate of drug-likeness (QED) is 0.684. The molecule has 5 rings (SSSR count). The van der Waals surface area contributed by atoms with Crippen molar-refractivity contribution in [1.82, 2.24) is 15.1 Å². The second-order valence-corrected chi connectivity index (χ2v) is 8.08. The molecular weight excluding hydrogens is 453 g/mol. The van der Waals surface area contributed by atoms with E-state index in [-0.39, 0.29) is 37.5 Å². The van der Waals surface area contributed by atoms with Crippen molar-refractivity contribution in [2.24, 2.45) is 0 Å². The number of piperazine rings is 1. The number of methoxy groups -OCH3 is 1. The summed E-state index contributed by atoms with van der Waals surface area (Å²) >= 11 is 0. The number of hydrogen-bond acceptors (Lipinski definition) is 6. The van der Waals surface area contributed by atoms with Crippen molar-refractivity contribution < 1.29 is 19.0 Å². The number of carbonyl (C=O) groups is 1. The highest BCUT2D eigenvalue weighted by atomic mass is 35.5. The van der Waals surface area contributed by atoms with E-state index in [0.29, 0.717) is 30.1 Å². The van der Waals surface area contributed by atoms with Gasteiger partial charge in [0.25, 0.3) is 5.91 Å². The number of rotatable bonds is 6. The van der Waals surface area contributed by atoms with Crippen LogP contribution in [0.3, 0.4) is 0 Å². The summed E-state index contributed by atoms with van der Waals surface area (Å²) < 4.78 is 16.4. The van der Waals surface area contributed by atoms with E-state index < -0.39 is 0 Å². The summed E-state index contributed by atoms with van der Waals surface area (Å²) in [6, 6.07) is 14.2. The van der Waals surface area contributed by atoms with Gasteiger partial charge in [0.1, 0.15) is 0 Å². The summed E-state index contributed by atoms with van der Waals surface area (Å²) in [6.07, 6.45) is 1.05. The lowest BCUT2D eigenvalue weighted by Crippen LogP contribution is -2.57. The molecule has 3 heterocycles. The molecule has 2 fully saturated rings. The Morgan fingerprint density at radius 1 is 1.16 bits per heavy atom. The molecule has 7 nitrogen and oxygen atoms in total. The van der Waals surface area contributed by atoms with Crippen molar-refractivity contribution in [3.8, 4) is 17.2 Å². The molecule has 1 N–H and O–H groups in total. The van der Waals surface area contributed by atoms with Crippen molar-refractivity contribution in [2.45, 2.75) is 25.0 Å². The van der Waals surface area contributed by atoms with E-state index in [9.17, 15) is 4.79 Å². The van der Waals surface area contributed by atoms with E-state index in [2.05, 4.69) is 15.1 Å². The largest absolute Gasteiger partial charge is 0.493 e. The second-order valence-electron chi connectivity index (χ2n) is 8.08. The molecule has 0 aliphatic carbocycles. The van der Waals surface area contributed by atoms with Crippen LogP contribution in [-0.4, -0.2) is 67.9 Å². The Hall–Kier alpha value is -2.19. The minimum Gasteiger partial charge on any atom is -0.493 e. The van der Waals surface area contributed by atoms with Gasteiger partial charge < -0.3 is 24.4 Å². The Kier molecular flexibility index (Phi) is 8.11. The van der Waals surface area contributed by atoms with Crippen LogP contribution in [0.4, 0.5) is 0 Å². The molecule has 9 heteroatoms. The summed E-state index contributed by atoms with van der Waals surface area (Å²) in [4.78, 5) is 17.6. The summed E-state index contributed by atoms with van der Waals surface area (Å²) in [5.41, 5.74) is 1.86. The fraction of sp³-hybridized carbons (Fsp3) is 0.435. The lowest BCUT2D eigenvalue weighted by atomic mass is 10.1. The van der Waals surface area contributed by atoms with E-state index in [1.165, 1.54) is 0 Å². The summed E-state index contributed by atoms with van der Waals surface area (Å²) in [7, 11) is 1.64. The summed E-state index contributed by atoms with van der Waals surface area (Å²) in [6.45, 7) is 4.52. The fourth-order valence-electron chi connectivity index (χ4n) is 4.70. The minimum atomic E-state index is 0. The maximum absolute atomic E-state index is 13.1. The van der Waals surface area contributed by atoms with Crippen LogP contribution in [0.2, 0.25) is 0 Å². The lowest BCUT2D eigenvalue weighted by Gasteiger charge is -2.40. The van der Waals surface area contributed by atoms with Crippen LogP contribution in [-0.2, 0) is 6.54 Å². The van der Waals surface area contributed by atoms with Gasteiger partial charge in [0.15, 0.2) is 11.5 Å². The first kappa shape index (κ1) is 24.5.